The first-order valence-corrected chi connectivity index (χ1v) is 12.8. The average Bonchev–Trinajstić information content (AvgIpc) is 3.66. The number of carbonyl (C=O) groups excluding carboxylic acids is 3. The van der Waals surface area contributed by atoms with Crippen LogP contribution >= 0.6 is 0 Å². The molecule has 2 heterocycles. The molecule has 0 radical (unpaired) electrons. The van der Waals surface area contributed by atoms with Gasteiger partial charge in [0.25, 0.3) is 5.91 Å². The van der Waals surface area contributed by atoms with Crippen molar-refractivity contribution in [2.45, 2.75) is 25.8 Å². The molecule has 2 aromatic heterocycles. The Morgan fingerprint density at radius 2 is 1.83 bits per heavy atom. The Morgan fingerprint density at radius 3 is 2.51 bits per heavy atom. The highest BCUT2D eigenvalue weighted by atomic mass is 16.5. The number of hydrogen-bond acceptors (Lipinski definition) is 6. The van der Waals surface area contributed by atoms with E-state index in [0.717, 1.165) is 16.5 Å². The molecule has 208 valence electrons. The van der Waals surface area contributed by atoms with Crippen molar-refractivity contribution in [3.05, 3.63) is 96.6 Å². The van der Waals surface area contributed by atoms with Crippen LogP contribution in [0.4, 0.5) is 11.4 Å². The van der Waals surface area contributed by atoms with E-state index in [2.05, 4.69) is 15.3 Å². The first-order valence-electron chi connectivity index (χ1n) is 12.8. The highest BCUT2D eigenvalue weighted by Gasteiger charge is 2.35. The van der Waals surface area contributed by atoms with Gasteiger partial charge in [-0.3, -0.25) is 19.3 Å². The molecular formula is C31H29N5O5. The molecule has 0 aliphatic rings. The fourth-order valence-corrected chi connectivity index (χ4v) is 4.91. The molecule has 0 bridgehead atoms. The number of ether oxygens (including phenoxy) is 1. The topological polar surface area (TPSA) is 144 Å². The Bertz CT molecular complexity index is 1720. The van der Waals surface area contributed by atoms with Crippen LogP contribution in [0.1, 0.15) is 29.8 Å². The van der Waals surface area contributed by atoms with E-state index in [1.54, 1.807) is 42.6 Å². The van der Waals surface area contributed by atoms with Crippen molar-refractivity contribution in [3.8, 4) is 17.1 Å². The van der Waals surface area contributed by atoms with Gasteiger partial charge in [0.05, 0.1) is 18.9 Å². The number of aromatic nitrogens is 2. The first-order chi connectivity index (χ1) is 19.7. The number of H-pyrrole nitrogens is 1. The number of nitrogens with two attached hydrogens (primary N) is 1. The lowest BCUT2D eigenvalue weighted by Gasteiger charge is -2.38. The number of nitrogens with zero attached hydrogens (tertiary/aromatic N) is 2. The number of benzene rings is 3. The van der Waals surface area contributed by atoms with E-state index in [1.165, 1.54) is 18.4 Å². The van der Waals surface area contributed by atoms with Gasteiger partial charge in [0.2, 0.25) is 0 Å². The largest absolute Gasteiger partial charge is 0.496 e. The predicted molar refractivity (Wildman–Crippen MR) is 156 cm³/mol. The SMILES string of the molecule is COc1cc(N(C(=O)C(N)=O)C(C)(C)Cc2ccc(NC(=O)c3ccc4[nH]ccc4c3)cc2)ccc1-c1cnco1. The van der Waals surface area contributed by atoms with Crippen molar-refractivity contribution in [3.63, 3.8) is 0 Å². The minimum atomic E-state index is -1.08. The van der Waals surface area contributed by atoms with Crippen molar-refractivity contribution in [2.75, 3.05) is 17.3 Å². The summed E-state index contributed by atoms with van der Waals surface area (Å²) in [5, 5.41) is 3.87. The van der Waals surface area contributed by atoms with Crippen LogP contribution in [-0.4, -0.2) is 40.3 Å². The summed E-state index contributed by atoms with van der Waals surface area (Å²) in [4.78, 5) is 46.4. The van der Waals surface area contributed by atoms with Crippen molar-refractivity contribution < 1.29 is 23.5 Å². The number of aromatic amines is 1. The van der Waals surface area contributed by atoms with Gasteiger partial charge in [0, 0.05) is 45.6 Å². The second-order valence-electron chi connectivity index (χ2n) is 10.2. The van der Waals surface area contributed by atoms with Gasteiger partial charge in [-0.05, 0) is 74.4 Å². The summed E-state index contributed by atoms with van der Waals surface area (Å²) in [6, 6.07) is 19.8. The number of hydrogen-bond donors (Lipinski definition) is 3. The summed E-state index contributed by atoms with van der Waals surface area (Å²) >= 11 is 0. The molecule has 10 heteroatoms. The molecule has 3 aromatic carbocycles. The van der Waals surface area contributed by atoms with Gasteiger partial charge in [0.15, 0.2) is 12.2 Å². The summed E-state index contributed by atoms with van der Waals surface area (Å²) in [7, 11) is 1.50. The smallest absolute Gasteiger partial charge is 0.316 e. The van der Waals surface area contributed by atoms with Gasteiger partial charge in [-0.15, -0.1) is 0 Å². The van der Waals surface area contributed by atoms with Gasteiger partial charge >= 0.3 is 11.8 Å². The Labute approximate surface area is 236 Å². The fourth-order valence-electron chi connectivity index (χ4n) is 4.91. The maximum Gasteiger partial charge on any atom is 0.316 e. The zero-order chi connectivity index (χ0) is 29.1. The third-order valence-corrected chi connectivity index (χ3v) is 6.82. The second-order valence-corrected chi connectivity index (χ2v) is 10.2. The Morgan fingerprint density at radius 1 is 1.05 bits per heavy atom. The van der Waals surface area contributed by atoms with Gasteiger partial charge < -0.3 is 25.2 Å². The molecule has 0 fully saturated rings. The minimum Gasteiger partial charge on any atom is -0.496 e. The monoisotopic (exact) mass is 551 g/mol. The van der Waals surface area contributed by atoms with E-state index >= 15 is 0 Å². The van der Waals surface area contributed by atoms with Crippen molar-refractivity contribution in [1.82, 2.24) is 9.97 Å². The lowest BCUT2D eigenvalue weighted by Crippen LogP contribution is -2.53. The molecule has 0 saturated carbocycles. The predicted octanol–water partition coefficient (Wildman–Crippen LogP) is 4.92. The van der Waals surface area contributed by atoms with Crippen LogP contribution in [0.3, 0.4) is 0 Å². The van der Waals surface area contributed by atoms with Crippen LogP contribution in [0, 0.1) is 0 Å². The average molecular weight is 552 g/mol. The van der Waals surface area contributed by atoms with Crippen LogP contribution in [0.5, 0.6) is 5.75 Å². The molecule has 3 amide bonds. The van der Waals surface area contributed by atoms with Crippen LogP contribution in [-0.2, 0) is 16.0 Å². The molecule has 0 unspecified atom stereocenters. The quantitative estimate of drug-likeness (QED) is 0.234. The minimum absolute atomic E-state index is 0.220. The van der Waals surface area contributed by atoms with Crippen LogP contribution in [0.2, 0.25) is 0 Å². The standard InChI is InChI=1S/C31H29N5O5/c1-31(2,36(30(39)28(32)37)23-9-10-24(26(15-23)40-3)27-17-33-18-41-27)16-19-4-7-22(8-5-19)35-29(38)21-6-11-25-20(14-21)12-13-34-25/h4-15,17-18,34H,16H2,1-3H3,(H2,32,37)(H,35,38). The zero-order valence-corrected chi connectivity index (χ0v) is 22.8. The number of carbonyl (C=O) groups is 3. The van der Waals surface area contributed by atoms with Crippen LogP contribution in [0.15, 0.2) is 89.9 Å². The van der Waals surface area contributed by atoms with E-state index in [-0.39, 0.29) is 5.91 Å². The molecule has 5 rings (SSSR count). The third kappa shape index (κ3) is 5.67. The fraction of sp³-hybridized carbons (Fsp3) is 0.161. The van der Waals surface area contributed by atoms with Crippen LogP contribution in [0.25, 0.3) is 22.2 Å². The number of primary amides is 1. The van der Waals surface area contributed by atoms with E-state index in [0.29, 0.717) is 40.4 Å². The third-order valence-electron chi connectivity index (χ3n) is 6.82. The van der Waals surface area contributed by atoms with Crippen LogP contribution < -0.4 is 20.7 Å². The molecule has 5 aromatic rings. The highest BCUT2D eigenvalue weighted by molar-refractivity contribution is 6.40. The summed E-state index contributed by atoms with van der Waals surface area (Å²) in [5.74, 6) is -1.21. The van der Waals surface area contributed by atoms with Gasteiger partial charge in [0.1, 0.15) is 5.75 Å². The number of amides is 3. The van der Waals surface area contributed by atoms with Crippen molar-refractivity contribution in [2.24, 2.45) is 5.73 Å². The number of oxazole rings is 1. The van der Waals surface area contributed by atoms with Gasteiger partial charge in [-0.2, -0.15) is 0 Å². The maximum absolute atomic E-state index is 13.1. The Hall–Kier alpha value is -5.38. The van der Waals surface area contributed by atoms with Gasteiger partial charge in [-0.1, -0.05) is 12.1 Å². The van der Waals surface area contributed by atoms with E-state index in [9.17, 15) is 14.4 Å². The number of rotatable bonds is 8. The van der Waals surface area contributed by atoms with Crippen molar-refractivity contribution >= 4 is 40.0 Å². The number of fused-ring (bicyclic) bond motifs is 1. The molecule has 41 heavy (non-hydrogen) atoms. The number of anilines is 2. The molecule has 0 spiro atoms. The number of methoxy groups -OCH3 is 1. The molecule has 0 aliphatic heterocycles. The summed E-state index contributed by atoms with van der Waals surface area (Å²) < 4.78 is 10.9. The van der Waals surface area contributed by atoms with E-state index in [1.807, 2.05) is 50.4 Å². The molecule has 0 atom stereocenters. The summed E-state index contributed by atoms with van der Waals surface area (Å²) in [6.07, 6.45) is 5.08. The zero-order valence-electron chi connectivity index (χ0n) is 22.8. The number of nitrogens with one attached hydrogen (secondary N) is 2. The molecule has 4 N–H and O–H groups in total. The normalized spacial score (nSPS) is 11.3. The lowest BCUT2D eigenvalue weighted by molar-refractivity contribution is -0.136. The molecular weight excluding hydrogens is 522 g/mol. The van der Waals surface area contributed by atoms with E-state index in [4.69, 9.17) is 14.9 Å². The second kappa shape index (κ2) is 11.0. The van der Waals surface area contributed by atoms with E-state index < -0.39 is 17.4 Å². The first kappa shape index (κ1) is 27.2. The molecule has 0 aliphatic carbocycles. The van der Waals surface area contributed by atoms with Gasteiger partial charge in [-0.25, -0.2) is 4.98 Å². The lowest BCUT2D eigenvalue weighted by atomic mass is 9.91. The Balaban J connectivity index is 1.36. The Kier molecular flexibility index (Phi) is 7.30. The van der Waals surface area contributed by atoms with Crippen molar-refractivity contribution in [1.29, 1.82) is 0 Å². The summed E-state index contributed by atoms with van der Waals surface area (Å²) in [5.41, 5.74) is 8.68. The summed E-state index contributed by atoms with van der Waals surface area (Å²) in [6.45, 7) is 3.69. The maximum atomic E-state index is 13.1. The molecule has 0 saturated heterocycles. The highest BCUT2D eigenvalue weighted by Crippen LogP contribution is 2.36. The molecule has 10 nitrogen and oxygen atoms in total.